The second-order valence-electron chi connectivity index (χ2n) is 5.05. The summed E-state index contributed by atoms with van der Waals surface area (Å²) in [4.78, 5) is 0. The van der Waals surface area contributed by atoms with Crippen LogP contribution in [-0.2, 0) is 5.41 Å². The smallest absolute Gasteiger partial charge is 0.127 e. The summed E-state index contributed by atoms with van der Waals surface area (Å²) >= 11 is 3.56. The Hall–Kier alpha value is -1.02. The van der Waals surface area contributed by atoms with Crippen molar-refractivity contribution < 1.29 is 5.11 Å². The van der Waals surface area contributed by atoms with Crippen LogP contribution in [0.1, 0.15) is 26.3 Å². The van der Waals surface area contributed by atoms with E-state index in [-0.39, 0.29) is 5.41 Å². The lowest BCUT2D eigenvalue weighted by atomic mass is 9.85. The zero-order valence-corrected chi connectivity index (χ0v) is 11.3. The molecular formula is C14H15BrO. The van der Waals surface area contributed by atoms with Gasteiger partial charge in [-0.1, -0.05) is 61.0 Å². The topological polar surface area (TPSA) is 20.2 Å². The van der Waals surface area contributed by atoms with Gasteiger partial charge in [-0.25, -0.2) is 0 Å². The van der Waals surface area contributed by atoms with Crippen molar-refractivity contribution in [3.05, 3.63) is 40.4 Å². The maximum Gasteiger partial charge on any atom is 0.127 e. The first-order valence-corrected chi connectivity index (χ1v) is 6.11. The Kier molecular flexibility index (Phi) is 2.70. The molecule has 0 aliphatic heterocycles. The van der Waals surface area contributed by atoms with Crippen molar-refractivity contribution in [3.8, 4) is 5.75 Å². The molecule has 0 aliphatic rings. The molecule has 0 atom stereocenters. The van der Waals surface area contributed by atoms with E-state index in [9.17, 15) is 5.11 Å². The van der Waals surface area contributed by atoms with E-state index in [0.29, 0.717) is 5.75 Å². The Bertz CT molecular complexity index is 538. The van der Waals surface area contributed by atoms with Gasteiger partial charge in [-0.15, -0.1) is 0 Å². The van der Waals surface area contributed by atoms with Gasteiger partial charge < -0.3 is 5.11 Å². The number of phenolic OH excluding ortho intramolecular Hbond substituents is 1. The van der Waals surface area contributed by atoms with Crippen molar-refractivity contribution in [1.29, 1.82) is 0 Å². The average molecular weight is 279 g/mol. The summed E-state index contributed by atoms with van der Waals surface area (Å²) in [6.07, 6.45) is 0. The monoisotopic (exact) mass is 278 g/mol. The van der Waals surface area contributed by atoms with Gasteiger partial charge in [-0.3, -0.25) is 0 Å². The molecule has 0 saturated heterocycles. The Morgan fingerprint density at radius 1 is 1.06 bits per heavy atom. The number of halogens is 1. The van der Waals surface area contributed by atoms with Crippen molar-refractivity contribution in [2.45, 2.75) is 26.2 Å². The number of benzene rings is 2. The van der Waals surface area contributed by atoms with E-state index in [1.807, 2.05) is 30.3 Å². The fraction of sp³-hybridized carbons (Fsp3) is 0.286. The van der Waals surface area contributed by atoms with Crippen LogP contribution in [0.15, 0.2) is 34.8 Å². The minimum atomic E-state index is -0.0589. The lowest BCUT2D eigenvalue weighted by Gasteiger charge is -2.22. The van der Waals surface area contributed by atoms with Gasteiger partial charge in [0.2, 0.25) is 0 Å². The zero-order chi connectivity index (χ0) is 11.9. The molecule has 1 N–H and O–H groups in total. The van der Waals surface area contributed by atoms with Crippen LogP contribution >= 0.6 is 15.9 Å². The van der Waals surface area contributed by atoms with Crippen molar-refractivity contribution in [3.63, 3.8) is 0 Å². The van der Waals surface area contributed by atoms with Crippen LogP contribution in [0.2, 0.25) is 0 Å². The van der Waals surface area contributed by atoms with Crippen LogP contribution in [0.25, 0.3) is 10.8 Å². The van der Waals surface area contributed by atoms with E-state index >= 15 is 0 Å². The van der Waals surface area contributed by atoms with Gasteiger partial charge in [0.25, 0.3) is 0 Å². The SMILES string of the molecule is CC(C)(C)c1cc(Br)c2ccccc2c1O. The molecule has 84 valence electrons. The Labute approximate surface area is 104 Å². The summed E-state index contributed by atoms with van der Waals surface area (Å²) in [5, 5.41) is 12.2. The molecule has 1 nitrogen and oxygen atoms in total. The third kappa shape index (κ3) is 1.82. The quantitative estimate of drug-likeness (QED) is 0.746. The van der Waals surface area contributed by atoms with E-state index in [4.69, 9.17) is 0 Å². The number of phenols is 1. The number of hydrogen-bond donors (Lipinski definition) is 1. The molecule has 0 bridgehead atoms. The van der Waals surface area contributed by atoms with Gasteiger partial charge in [0, 0.05) is 15.4 Å². The molecule has 0 fully saturated rings. The van der Waals surface area contributed by atoms with E-state index in [1.165, 1.54) is 0 Å². The van der Waals surface area contributed by atoms with Gasteiger partial charge in [-0.2, -0.15) is 0 Å². The van der Waals surface area contributed by atoms with Crippen LogP contribution in [0.5, 0.6) is 5.75 Å². The second kappa shape index (κ2) is 3.77. The fourth-order valence-corrected chi connectivity index (χ4v) is 2.46. The van der Waals surface area contributed by atoms with Crippen molar-refractivity contribution in [1.82, 2.24) is 0 Å². The average Bonchev–Trinajstić information content (AvgIpc) is 2.22. The first-order chi connectivity index (χ1) is 7.41. The van der Waals surface area contributed by atoms with E-state index in [1.54, 1.807) is 0 Å². The number of aromatic hydroxyl groups is 1. The molecule has 2 aromatic rings. The lowest BCUT2D eigenvalue weighted by Crippen LogP contribution is -2.11. The van der Waals surface area contributed by atoms with Crippen LogP contribution < -0.4 is 0 Å². The summed E-state index contributed by atoms with van der Waals surface area (Å²) in [6, 6.07) is 9.89. The molecule has 2 rings (SSSR count). The summed E-state index contributed by atoms with van der Waals surface area (Å²) in [6.45, 7) is 6.30. The highest BCUT2D eigenvalue weighted by Crippen LogP contribution is 2.39. The highest BCUT2D eigenvalue weighted by Gasteiger charge is 2.20. The standard InChI is InChI=1S/C14H15BrO/c1-14(2,3)11-8-12(15)9-6-4-5-7-10(9)13(11)16/h4-8,16H,1-3H3. The largest absolute Gasteiger partial charge is 0.507 e. The number of rotatable bonds is 0. The molecule has 2 aromatic carbocycles. The fourth-order valence-electron chi connectivity index (χ4n) is 1.89. The number of hydrogen-bond acceptors (Lipinski definition) is 1. The molecule has 0 aliphatic carbocycles. The van der Waals surface area contributed by atoms with Gasteiger partial charge >= 0.3 is 0 Å². The molecule has 16 heavy (non-hydrogen) atoms. The molecule has 2 heteroatoms. The second-order valence-corrected chi connectivity index (χ2v) is 5.90. The molecule has 0 amide bonds. The van der Waals surface area contributed by atoms with Crippen LogP contribution in [-0.4, -0.2) is 5.11 Å². The van der Waals surface area contributed by atoms with E-state index in [0.717, 1.165) is 20.8 Å². The molecule has 0 unspecified atom stereocenters. The lowest BCUT2D eigenvalue weighted by molar-refractivity contribution is 0.452. The number of fused-ring (bicyclic) bond motifs is 1. The third-order valence-corrected chi connectivity index (χ3v) is 3.43. The van der Waals surface area contributed by atoms with E-state index in [2.05, 4.69) is 36.7 Å². The van der Waals surface area contributed by atoms with Gasteiger partial charge in [0.05, 0.1) is 0 Å². The predicted molar refractivity (Wildman–Crippen MR) is 72.0 cm³/mol. The molecule has 0 radical (unpaired) electrons. The normalized spacial score (nSPS) is 12.0. The van der Waals surface area contributed by atoms with Crippen LogP contribution in [0.3, 0.4) is 0 Å². The highest BCUT2D eigenvalue weighted by atomic mass is 79.9. The first kappa shape index (κ1) is 11.5. The molecular weight excluding hydrogens is 264 g/mol. The summed E-state index contributed by atoms with van der Waals surface area (Å²) in [7, 11) is 0. The minimum absolute atomic E-state index is 0.0589. The van der Waals surface area contributed by atoms with Crippen LogP contribution in [0, 0.1) is 0 Å². The van der Waals surface area contributed by atoms with E-state index < -0.39 is 0 Å². The third-order valence-electron chi connectivity index (χ3n) is 2.77. The Balaban J connectivity index is 2.86. The van der Waals surface area contributed by atoms with Crippen molar-refractivity contribution >= 4 is 26.7 Å². The van der Waals surface area contributed by atoms with Gasteiger partial charge in [-0.05, 0) is 16.9 Å². The molecule has 0 spiro atoms. The predicted octanol–water partition coefficient (Wildman–Crippen LogP) is 4.61. The minimum Gasteiger partial charge on any atom is -0.507 e. The van der Waals surface area contributed by atoms with Crippen molar-refractivity contribution in [2.24, 2.45) is 0 Å². The molecule has 0 heterocycles. The van der Waals surface area contributed by atoms with Gasteiger partial charge in [0.1, 0.15) is 5.75 Å². The zero-order valence-electron chi connectivity index (χ0n) is 9.71. The summed E-state index contributed by atoms with van der Waals surface area (Å²) in [5.41, 5.74) is 0.912. The molecule has 0 saturated carbocycles. The maximum atomic E-state index is 10.3. The molecule has 0 aromatic heterocycles. The first-order valence-electron chi connectivity index (χ1n) is 5.32. The Morgan fingerprint density at radius 2 is 1.62 bits per heavy atom. The van der Waals surface area contributed by atoms with Crippen molar-refractivity contribution in [2.75, 3.05) is 0 Å². The highest BCUT2D eigenvalue weighted by molar-refractivity contribution is 9.10. The van der Waals surface area contributed by atoms with Crippen LogP contribution in [0.4, 0.5) is 0 Å². The summed E-state index contributed by atoms with van der Waals surface area (Å²) < 4.78 is 1.03. The summed E-state index contributed by atoms with van der Waals surface area (Å²) in [5.74, 6) is 0.395. The maximum absolute atomic E-state index is 10.3. The Morgan fingerprint density at radius 3 is 2.19 bits per heavy atom. The van der Waals surface area contributed by atoms with Gasteiger partial charge in [0.15, 0.2) is 0 Å².